The van der Waals surface area contributed by atoms with Crippen molar-refractivity contribution in [2.24, 2.45) is 0 Å². The summed E-state index contributed by atoms with van der Waals surface area (Å²) in [5.74, 6) is -0.660. The lowest BCUT2D eigenvalue weighted by molar-refractivity contribution is -0.142. The molecule has 0 bridgehead atoms. The van der Waals surface area contributed by atoms with Crippen molar-refractivity contribution in [1.29, 1.82) is 0 Å². The molecule has 14 heteroatoms. The van der Waals surface area contributed by atoms with E-state index in [4.69, 9.17) is 24.5 Å². The molecule has 3 aromatic rings. The zero-order valence-corrected chi connectivity index (χ0v) is 19.0. The van der Waals surface area contributed by atoms with E-state index in [2.05, 4.69) is 15.1 Å². The Morgan fingerprint density at radius 3 is 3.00 bits per heavy atom. The first-order valence-electron chi connectivity index (χ1n) is 10.3. The van der Waals surface area contributed by atoms with E-state index in [0.717, 1.165) is 16.5 Å². The van der Waals surface area contributed by atoms with Crippen molar-refractivity contribution in [1.82, 2.24) is 19.6 Å². The molecule has 3 heterocycles. The van der Waals surface area contributed by atoms with E-state index < -0.39 is 44.6 Å². The fourth-order valence-corrected chi connectivity index (χ4v) is 4.55. The number of ether oxygens (including phenoxy) is 3. The van der Waals surface area contributed by atoms with Gasteiger partial charge in [0.1, 0.15) is 18.5 Å². The quantitative estimate of drug-likeness (QED) is 0.243. The normalized spacial score (nSPS) is 20.8. The molecule has 2 aromatic heterocycles. The molecule has 1 aliphatic heterocycles. The van der Waals surface area contributed by atoms with E-state index in [1.165, 1.54) is 23.9 Å². The highest BCUT2D eigenvalue weighted by atomic mass is 31.2. The second-order valence-corrected chi connectivity index (χ2v) is 9.04. The molecule has 0 radical (unpaired) electrons. The number of carbonyl (C=O) groups is 1. The topological polar surface area (TPSA) is 180 Å². The van der Waals surface area contributed by atoms with Crippen LogP contribution in [0, 0.1) is 0 Å². The van der Waals surface area contributed by atoms with Gasteiger partial charge in [0.15, 0.2) is 12.5 Å². The molecule has 0 saturated carbocycles. The third kappa shape index (κ3) is 5.53. The Morgan fingerprint density at radius 2 is 2.24 bits per heavy atom. The molecule has 4 rings (SSSR count). The SMILES string of the molecule is COC(=O)[C@H](Cc1c[nH]c2ccccc12)NP(=O)(O)OCC1OC[C@@H](n2ccc(N)nc2=O)O1. The first-order valence-corrected chi connectivity index (χ1v) is 11.8. The number of benzene rings is 1. The molecule has 1 aromatic carbocycles. The summed E-state index contributed by atoms with van der Waals surface area (Å²) in [6, 6.07) is 7.75. The maximum absolute atomic E-state index is 12.7. The van der Waals surface area contributed by atoms with E-state index in [-0.39, 0.29) is 18.8 Å². The Kier molecular flexibility index (Phi) is 7.12. The third-order valence-corrected chi connectivity index (χ3v) is 6.32. The Balaban J connectivity index is 1.37. The third-order valence-electron chi connectivity index (χ3n) is 5.18. The molecule has 2 unspecified atom stereocenters. The van der Waals surface area contributed by atoms with Crippen molar-refractivity contribution in [2.75, 3.05) is 26.1 Å². The monoisotopic (exact) mass is 493 g/mol. The molecule has 0 spiro atoms. The molecule has 1 aliphatic rings. The van der Waals surface area contributed by atoms with Crippen LogP contribution in [-0.2, 0) is 34.5 Å². The second kappa shape index (κ2) is 10.1. The van der Waals surface area contributed by atoms with Gasteiger partial charge in [-0.25, -0.2) is 14.4 Å². The Labute approximate surface area is 193 Å². The molecule has 0 aliphatic carbocycles. The molecule has 13 nitrogen and oxygen atoms in total. The van der Waals surface area contributed by atoms with Crippen LogP contribution < -0.4 is 16.5 Å². The van der Waals surface area contributed by atoms with Crippen molar-refractivity contribution in [3.63, 3.8) is 0 Å². The number of H-pyrrole nitrogens is 1. The second-order valence-electron chi connectivity index (χ2n) is 7.48. The number of anilines is 1. The number of aromatic amines is 1. The van der Waals surface area contributed by atoms with Crippen LogP contribution in [0.1, 0.15) is 11.8 Å². The number of rotatable bonds is 9. The number of para-hydroxylation sites is 1. The van der Waals surface area contributed by atoms with Gasteiger partial charge in [-0.15, -0.1) is 0 Å². The number of fused-ring (bicyclic) bond motifs is 1. The van der Waals surface area contributed by atoms with Gasteiger partial charge in [0.05, 0.1) is 13.7 Å². The summed E-state index contributed by atoms with van der Waals surface area (Å²) in [4.78, 5) is 41.2. The minimum atomic E-state index is -4.47. The van der Waals surface area contributed by atoms with Crippen LogP contribution in [0.25, 0.3) is 10.9 Å². The molecule has 5 N–H and O–H groups in total. The van der Waals surface area contributed by atoms with Crippen molar-refractivity contribution in [2.45, 2.75) is 25.0 Å². The average Bonchev–Trinajstić information content (AvgIpc) is 3.44. The van der Waals surface area contributed by atoms with Gasteiger partial charge in [-0.3, -0.25) is 13.9 Å². The smallest absolute Gasteiger partial charge is 0.403 e. The van der Waals surface area contributed by atoms with Gasteiger partial charge in [-0.2, -0.15) is 4.98 Å². The van der Waals surface area contributed by atoms with E-state index in [0.29, 0.717) is 0 Å². The standard InChI is InChI=1S/C20H24N5O8P/c1-30-19(26)15(8-12-9-22-14-5-3-2-4-13(12)14)24-34(28,29)32-11-18-31-10-17(33-18)25-7-6-16(21)23-20(25)27/h2-7,9,15,17-18,22H,8,10-11H2,1H3,(H2,21,23,27)(H2,24,28,29)/t15-,17-,18?/m0/s1. The van der Waals surface area contributed by atoms with Gasteiger partial charge < -0.3 is 29.8 Å². The highest BCUT2D eigenvalue weighted by Gasteiger charge is 2.34. The van der Waals surface area contributed by atoms with E-state index in [1.807, 2.05) is 24.3 Å². The highest BCUT2D eigenvalue weighted by molar-refractivity contribution is 7.50. The Bertz CT molecular complexity index is 1280. The van der Waals surface area contributed by atoms with E-state index in [9.17, 15) is 19.0 Å². The van der Waals surface area contributed by atoms with Gasteiger partial charge in [0, 0.05) is 29.7 Å². The number of nitrogens with one attached hydrogen (secondary N) is 2. The Morgan fingerprint density at radius 1 is 1.44 bits per heavy atom. The van der Waals surface area contributed by atoms with Crippen LogP contribution in [0.2, 0.25) is 0 Å². The number of nitrogens with two attached hydrogens (primary N) is 1. The lowest BCUT2D eigenvalue weighted by Gasteiger charge is -2.21. The number of nitrogens with zero attached hydrogens (tertiary/aromatic N) is 2. The van der Waals surface area contributed by atoms with Crippen LogP contribution in [0.3, 0.4) is 0 Å². The van der Waals surface area contributed by atoms with Crippen molar-refractivity contribution >= 4 is 30.4 Å². The predicted molar refractivity (Wildman–Crippen MR) is 119 cm³/mol. The number of carbonyl (C=O) groups excluding carboxylic acids is 1. The summed E-state index contributed by atoms with van der Waals surface area (Å²) >= 11 is 0. The lowest BCUT2D eigenvalue weighted by Crippen LogP contribution is -2.38. The minimum Gasteiger partial charge on any atom is -0.468 e. The summed E-state index contributed by atoms with van der Waals surface area (Å²) in [5, 5.41) is 3.21. The molecule has 1 saturated heterocycles. The number of hydrogen-bond donors (Lipinski definition) is 4. The fourth-order valence-electron chi connectivity index (χ4n) is 3.56. The average molecular weight is 493 g/mol. The number of aromatic nitrogens is 3. The molecular weight excluding hydrogens is 469 g/mol. The van der Waals surface area contributed by atoms with Crippen LogP contribution in [0.5, 0.6) is 0 Å². The maximum Gasteiger partial charge on any atom is 0.403 e. The maximum atomic E-state index is 12.7. The first-order chi connectivity index (χ1) is 16.3. The summed E-state index contributed by atoms with van der Waals surface area (Å²) < 4.78 is 34.6. The molecule has 182 valence electrons. The molecule has 1 fully saturated rings. The molecule has 4 atom stereocenters. The predicted octanol–water partition coefficient (Wildman–Crippen LogP) is 0.669. The van der Waals surface area contributed by atoms with Crippen LogP contribution >= 0.6 is 7.75 Å². The number of hydrogen-bond acceptors (Lipinski definition) is 9. The number of esters is 1. The molecule has 34 heavy (non-hydrogen) atoms. The fraction of sp³-hybridized carbons (Fsp3) is 0.350. The van der Waals surface area contributed by atoms with Crippen molar-refractivity contribution in [3.05, 3.63) is 58.8 Å². The van der Waals surface area contributed by atoms with Crippen molar-refractivity contribution < 1.29 is 33.0 Å². The summed E-state index contributed by atoms with van der Waals surface area (Å²) in [7, 11) is -3.29. The molecule has 0 amide bonds. The van der Waals surface area contributed by atoms with Gasteiger partial charge in [0.2, 0.25) is 0 Å². The van der Waals surface area contributed by atoms with Crippen LogP contribution in [0.4, 0.5) is 5.82 Å². The highest BCUT2D eigenvalue weighted by Crippen LogP contribution is 2.39. The summed E-state index contributed by atoms with van der Waals surface area (Å²) in [6.45, 7) is -0.441. The van der Waals surface area contributed by atoms with Gasteiger partial charge >= 0.3 is 19.4 Å². The zero-order chi connectivity index (χ0) is 24.3. The summed E-state index contributed by atoms with van der Waals surface area (Å²) in [6.07, 6.45) is 1.38. The Hall–Kier alpha value is -3.06. The number of nitrogen functional groups attached to an aromatic ring is 1. The van der Waals surface area contributed by atoms with Crippen LogP contribution in [0.15, 0.2) is 47.5 Å². The van der Waals surface area contributed by atoms with Gasteiger partial charge in [-0.05, 0) is 17.7 Å². The summed E-state index contributed by atoms with van der Waals surface area (Å²) in [5.41, 5.74) is 6.47. The lowest BCUT2D eigenvalue weighted by atomic mass is 10.1. The largest absolute Gasteiger partial charge is 0.468 e. The van der Waals surface area contributed by atoms with Crippen LogP contribution in [-0.4, -0.2) is 58.1 Å². The van der Waals surface area contributed by atoms with Gasteiger partial charge in [0.25, 0.3) is 0 Å². The first kappa shape index (κ1) is 24.1. The minimum absolute atomic E-state index is 0.00591. The van der Waals surface area contributed by atoms with E-state index >= 15 is 0 Å². The zero-order valence-electron chi connectivity index (χ0n) is 18.1. The molecular formula is C20H24N5O8P. The van der Waals surface area contributed by atoms with Crippen molar-refractivity contribution in [3.8, 4) is 0 Å². The van der Waals surface area contributed by atoms with Gasteiger partial charge in [-0.1, -0.05) is 18.2 Å². The van der Waals surface area contributed by atoms with E-state index in [1.54, 1.807) is 6.20 Å². The number of methoxy groups -OCH3 is 1.